The lowest BCUT2D eigenvalue weighted by atomic mass is 10.1. The third kappa shape index (κ3) is 1.93. The Hall–Kier alpha value is -1.58. The summed E-state index contributed by atoms with van der Waals surface area (Å²) in [6, 6.07) is 3.33. The molecule has 1 amide bonds. The maximum absolute atomic E-state index is 11.8. The van der Waals surface area contributed by atoms with Crippen LogP contribution in [0.2, 0.25) is 0 Å². The summed E-state index contributed by atoms with van der Waals surface area (Å²) in [6.45, 7) is 2.74. The van der Waals surface area contributed by atoms with Gasteiger partial charge in [-0.1, -0.05) is 0 Å². The van der Waals surface area contributed by atoms with Crippen molar-refractivity contribution in [3.8, 4) is 0 Å². The highest BCUT2D eigenvalue weighted by molar-refractivity contribution is 5.92. The fourth-order valence-corrected chi connectivity index (χ4v) is 1.83. The van der Waals surface area contributed by atoms with Crippen molar-refractivity contribution < 1.29 is 14.0 Å². The maximum atomic E-state index is 11.8. The highest BCUT2D eigenvalue weighted by atomic mass is 16.3. The molecule has 0 aliphatic carbocycles. The largest absolute Gasteiger partial charge is 0.459 e. The molecule has 1 fully saturated rings. The highest BCUT2D eigenvalue weighted by Crippen LogP contribution is 2.19. The fraction of sp³-hybridized carbons (Fsp3) is 0.455. The van der Waals surface area contributed by atoms with Gasteiger partial charge in [0.2, 0.25) is 0 Å². The zero-order valence-electron chi connectivity index (χ0n) is 8.60. The molecule has 2 rings (SSSR count). The van der Waals surface area contributed by atoms with Gasteiger partial charge in [0.25, 0.3) is 5.91 Å². The van der Waals surface area contributed by atoms with E-state index in [0.29, 0.717) is 18.8 Å². The van der Waals surface area contributed by atoms with Crippen molar-refractivity contribution in [2.24, 2.45) is 5.92 Å². The molecular formula is C11H13NO3. The van der Waals surface area contributed by atoms with E-state index in [4.69, 9.17) is 4.42 Å². The summed E-state index contributed by atoms with van der Waals surface area (Å²) >= 11 is 0. The Morgan fingerprint density at radius 1 is 1.53 bits per heavy atom. The van der Waals surface area contributed by atoms with Crippen LogP contribution in [0, 0.1) is 5.92 Å². The van der Waals surface area contributed by atoms with Crippen LogP contribution in [0.15, 0.2) is 22.8 Å². The van der Waals surface area contributed by atoms with E-state index in [-0.39, 0.29) is 17.6 Å². The molecule has 15 heavy (non-hydrogen) atoms. The monoisotopic (exact) mass is 207 g/mol. The van der Waals surface area contributed by atoms with Crippen molar-refractivity contribution >= 4 is 11.7 Å². The first-order valence-corrected chi connectivity index (χ1v) is 5.01. The van der Waals surface area contributed by atoms with Gasteiger partial charge in [0.05, 0.1) is 6.26 Å². The number of likely N-dealkylation sites (tertiary alicyclic amines) is 1. The Labute approximate surface area is 87.9 Å². The van der Waals surface area contributed by atoms with Gasteiger partial charge in [0, 0.05) is 19.0 Å². The maximum Gasteiger partial charge on any atom is 0.289 e. The van der Waals surface area contributed by atoms with E-state index < -0.39 is 0 Å². The molecule has 0 spiro atoms. The molecule has 0 saturated carbocycles. The van der Waals surface area contributed by atoms with E-state index in [1.165, 1.54) is 6.26 Å². The second-order valence-corrected chi connectivity index (χ2v) is 3.82. The Morgan fingerprint density at radius 3 is 2.87 bits per heavy atom. The summed E-state index contributed by atoms with van der Waals surface area (Å²) in [4.78, 5) is 24.6. The summed E-state index contributed by atoms with van der Waals surface area (Å²) in [5, 5.41) is 0. The van der Waals surface area contributed by atoms with Gasteiger partial charge in [0.15, 0.2) is 5.76 Å². The topological polar surface area (TPSA) is 50.5 Å². The minimum absolute atomic E-state index is 0.00362. The van der Waals surface area contributed by atoms with Crippen molar-refractivity contribution in [3.63, 3.8) is 0 Å². The molecule has 1 unspecified atom stereocenters. The van der Waals surface area contributed by atoms with Crippen molar-refractivity contribution in [1.29, 1.82) is 0 Å². The number of hydrogen-bond acceptors (Lipinski definition) is 3. The molecule has 4 nitrogen and oxygen atoms in total. The van der Waals surface area contributed by atoms with Gasteiger partial charge in [-0.3, -0.25) is 9.59 Å². The molecule has 1 saturated heterocycles. The summed E-state index contributed by atoms with van der Waals surface area (Å²) in [5.74, 6) is 0.386. The molecular weight excluding hydrogens is 194 g/mol. The lowest BCUT2D eigenvalue weighted by Crippen LogP contribution is -2.29. The van der Waals surface area contributed by atoms with E-state index in [1.807, 2.05) is 0 Å². The Morgan fingerprint density at radius 2 is 2.33 bits per heavy atom. The van der Waals surface area contributed by atoms with Crippen LogP contribution in [0.1, 0.15) is 23.9 Å². The quantitative estimate of drug-likeness (QED) is 0.735. The van der Waals surface area contributed by atoms with Crippen molar-refractivity contribution in [2.75, 3.05) is 13.1 Å². The fourth-order valence-electron chi connectivity index (χ4n) is 1.83. The van der Waals surface area contributed by atoms with Gasteiger partial charge in [-0.25, -0.2) is 0 Å². The summed E-state index contributed by atoms with van der Waals surface area (Å²) in [5.41, 5.74) is 0. The van der Waals surface area contributed by atoms with Gasteiger partial charge in [-0.2, -0.15) is 0 Å². The van der Waals surface area contributed by atoms with Gasteiger partial charge in [-0.05, 0) is 25.5 Å². The Bertz CT molecular complexity index is 369. The number of ketones is 1. The van der Waals surface area contributed by atoms with Gasteiger partial charge >= 0.3 is 0 Å². The molecule has 0 N–H and O–H groups in total. The van der Waals surface area contributed by atoms with Crippen LogP contribution in [-0.4, -0.2) is 29.7 Å². The third-order valence-electron chi connectivity index (χ3n) is 2.78. The Balaban J connectivity index is 2.02. The minimum Gasteiger partial charge on any atom is -0.459 e. The molecule has 1 atom stereocenters. The Kier molecular flexibility index (Phi) is 2.58. The summed E-state index contributed by atoms with van der Waals surface area (Å²) in [7, 11) is 0. The molecule has 2 heterocycles. The molecule has 0 aromatic carbocycles. The number of rotatable bonds is 2. The predicted molar refractivity (Wildman–Crippen MR) is 53.4 cm³/mol. The van der Waals surface area contributed by atoms with Gasteiger partial charge < -0.3 is 9.32 Å². The number of nitrogens with zero attached hydrogens (tertiary/aromatic N) is 1. The number of hydrogen-bond donors (Lipinski definition) is 0. The molecule has 1 aliphatic heterocycles. The first-order chi connectivity index (χ1) is 7.18. The lowest BCUT2D eigenvalue weighted by molar-refractivity contribution is -0.120. The molecule has 1 aliphatic rings. The molecule has 1 aromatic heterocycles. The SMILES string of the molecule is CC(=O)C1CCN(C(=O)c2ccco2)C1. The first kappa shape index (κ1) is 9.96. The van der Waals surface area contributed by atoms with Crippen LogP contribution >= 0.6 is 0 Å². The zero-order chi connectivity index (χ0) is 10.8. The lowest BCUT2D eigenvalue weighted by Gasteiger charge is -2.13. The van der Waals surface area contributed by atoms with Crippen LogP contribution in [0.4, 0.5) is 0 Å². The summed E-state index contributed by atoms with van der Waals surface area (Å²) in [6.07, 6.45) is 2.24. The van der Waals surface area contributed by atoms with E-state index in [9.17, 15) is 9.59 Å². The number of carbonyl (C=O) groups excluding carboxylic acids is 2. The highest BCUT2D eigenvalue weighted by Gasteiger charge is 2.30. The van der Waals surface area contributed by atoms with Crippen LogP contribution in [0.3, 0.4) is 0 Å². The van der Waals surface area contributed by atoms with Crippen LogP contribution < -0.4 is 0 Å². The molecule has 4 heteroatoms. The van der Waals surface area contributed by atoms with E-state index in [1.54, 1.807) is 24.0 Å². The standard InChI is InChI=1S/C11H13NO3/c1-8(13)9-4-5-12(7-9)11(14)10-3-2-6-15-10/h2-3,6,9H,4-5,7H2,1H3. The number of amides is 1. The van der Waals surface area contributed by atoms with Gasteiger partial charge in [0.1, 0.15) is 5.78 Å². The van der Waals surface area contributed by atoms with Gasteiger partial charge in [-0.15, -0.1) is 0 Å². The number of carbonyl (C=O) groups is 2. The molecule has 1 aromatic rings. The zero-order valence-corrected chi connectivity index (χ0v) is 8.60. The third-order valence-corrected chi connectivity index (χ3v) is 2.78. The normalized spacial score (nSPS) is 20.6. The smallest absolute Gasteiger partial charge is 0.289 e. The number of Topliss-reactive ketones (excluding diaryl/α,β-unsaturated/α-hetero) is 1. The van der Waals surface area contributed by atoms with Crippen LogP contribution in [0.5, 0.6) is 0 Å². The molecule has 0 bridgehead atoms. The minimum atomic E-state index is -0.122. The first-order valence-electron chi connectivity index (χ1n) is 5.01. The van der Waals surface area contributed by atoms with Crippen molar-refractivity contribution in [3.05, 3.63) is 24.2 Å². The molecule has 80 valence electrons. The molecule has 0 radical (unpaired) electrons. The van der Waals surface area contributed by atoms with Crippen LogP contribution in [0.25, 0.3) is 0 Å². The summed E-state index contributed by atoms with van der Waals surface area (Å²) < 4.78 is 5.03. The van der Waals surface area contributed by atoms with Crippen LogP contribution in [-0.2, 0) is 4.79 Å². The number of furan rings is 1. The second-order valence-electron chi connectivity index (χ2n) is 3.82. The average Bonchev–Trinajstić information content (AvgIpc) is 2.88. The van der Waals surface area contributed by atoms with Crippen molar-refractivity contribution in [1.82, 2.24) is 4.90 Å². The van der Waals surface area contributed by atoms with E-state index in [2.05, 4.69) is 0 Å². The van der Waals surface area contributed by atoms with E-state index in [0.717, 1.165) is 6.42 Å². The predicted octanol–water partition coefficient (Wildman–Crippen LogP) is 1.33. The second kappa shape index (κ2) is 3.88. The average molecular weight is 207 g/mol. The van der Waals surface area contributed by atoms with E-state index >= 15 is 0 Å². The van der Waals surface area contributed by atoms with Crippen molar-refractivity contribution in [2.45, 2.75) is 13.3 Å².